The van der Waals surface area contributed by atoms with E-state index in [2.05, 4.69) is 15.4 Å². The van der Waals surface area contributed by atoms with Crippen molar-refractivity contribution < 1.29 is 9.13 Å². The monoisotopic (exact) mass is 340 g/mol. The fourth-order valence-corrected chi connectivity index (χ4v) is 3.65. The maximum atomic E-state index is 14.2. The van der Waals surface area contributed by atoms with E-state index in [1.807, 2.05) is 18.2 Å². The first-order chi connectivity index (χ1) is 12.3. The normalized spacial score (nSPS) is 20.2. The molecule has 25 heavy (non-hydrogen) atoms. The van der Waals surface area contributed by atoms with Gasteiger partial charge in [-0.3, -0.25) is 0 Å². The second-order valence-electron chi connectivity index (χ2n) is 6.50. The third-order valence-corrected chi connectivity index (χ3v) is 4.88. The maximum Gasteiger partial charge on any atom is 0.157 e. The van der Waals surface area contributed by atoms with Crippen molar-refractivity contribution >= 4 is 11.5 Å². The summed E-state index contributed by atoms with van der Waals surface area (Å²) < 4.78 is 21.3. The molecule has 2 aromatic heterocycles. The Labute approximate surface area is 145 Å². The zero-order valence-electron chi connectivity index (χ0n) is 14.2. The molecule has 1 aliphatic rings. The first-order valence-corrected chi connectivity index (χ1v) is 8.61. The predicted molar refractivity (Wildman–Crippen MR) is 95.0 cm³/mol. The SMILES string of the molecule is COC[C@H]1CCC[C@H]1Nc1cc(-c2ccccc2F)nc2ccnn12. The summed E-state index contributed by atoms with van der Waals surface area (Å²) in [4.78, 5) is 4.55. The number of halogens is 1. The van der Waals surface area contributed by atoms with Gasteiger partial charge >= 0.3 is 0 Å². The topological polar surface area (TPSA) is 51.5 Å². The number of fused-ring (bicyclic) bond motifs is 1. The number of nitrogens with one attached hydrogen (secondary N) is 1. The summed E-state index contributed by atoms with van der Waals surface area (Å²) in [7, 11) is 1.74. The Hall–Kier alpha value is -2.47. The highest BCUT2D eigenvalue weighted by molar-refractivity contribution is 5.67. The highest BCUT2D eigenvalue weighted by Crippen LogP contribution is 2.30. The van der Waals surface area contributed by atoms with E-state index in [-0.39, 0.29) is 5.82 Å². The van der Waals surface area contributed by atoms with Gasteiger partial charge in [0, 0.05) is 36.8 Å². The molecule has 2 heterocycles. The van der Waals surface area contributed by atoms with E-state index in [4.69, 9.17) is 4.74 Å². The molecule has 0 amide bonds. The summed E-state index contributed by atoms with van der Waals surface area (Å²) in [5.74, 6) is 1.03. The second kappa shape index (κ2) is 6.80. The van der Waals surface area contributed by atoms with Crippen molar-refractivity contribution in [3.05, 3.63) is 48.4 Å². The van der Waals surface area contributed by atoms with Crippen molar-refractivity contribution in [3.63, 3.8) is 0 Å². The lowest BCUT2D eigenvalue weighted by Gasteiger charge is -2.22. The van der Waals surface area contributed by atoms with Crippen LogP contribution in [0.25, 0.3) is 16.9 Å². The summed E-state index contributed by atoms with van der Waals surface area (Å²) in [5.41, 5.74) is 1.80. The molecule has 1 aromatic carbocycles. The van der Waals surface area contributed by atoms with Gasteiger partial charge < -0.3 is 10.1 Å². The number of nitrogens with zero attached hydrogens (tertiary/aromatic N) is 3. The molecule has 1 aliphatic carbocycles. The lowest BCUT2D eigenvalue weighted by atomic mass is 10.0. The third kappa shape index (κ3) is 3.09. The predicted octanol–water partition coefficient (Wildman–Crippen LogP) is 3.76. The highest BCUT2D eigenvalue weighted by Gasteiger charge is 2.28. The largest absolute Gasteiger partial charge is 0.384 e. The van der Waals surface area contributed by atoms with Crippen LogP contribution in [0.1, 0.15) is 19.3 Å². The van der Waals surface area contributed by atoms with Crippen molar-refractivity contribution in [1.29, 1.82) is 0 Å². The van der Waals surface area contributed by atoms with Crippen LogP contribution >= 0.6 is 0 Å². The van der Waals surface area contributed by atoms with Gasteiger partial charge in [0.05, 0.1) is 18.5 Å². The molecule has 3 aromatic rings. The number of rotatable bonds is 5. The van der Waals surface area contributed by atoms with Crippen molar-refractivity contribution in [1.82, 2.24) is 14.6 Å². The van der Waals surface area contributed by atoms with Crippen molar-refractivity contribution in [3.8, 4) is 11.3 Å². The number of ether oxygens (including phenoxy) is 1. The summed E-state index contributed by atoms with van der Waals surface area (Å²) >= 11 is 0. The van der Waals surface area contributed by atoms with Gasteiger partial charge in [0.2, 0.25) is 0 Å². The molecule has 0 spiro atoms. The van der Waals surface area contributed by atoms with Gasteiger partial charge in [-0.25, -0.2) is 9.37 Å². The fraction of sp³-hybridized carbons (Fsp3) is 0.368. The molecule has 0 bridgehead atoms. The summed E-state index contributed by atoms with van der Waals surface area (Å²) in [6, 6.07) is 10.7. The Bertz CT molecular complexity index is 879. The zero-order valence-corrected chi connectivity index (χ0v) is 14.2. The molecule has 130 valence electrons. The Morgan fingerprint density at radius 1 is 1.28 bits per heavy atom. The molecule has 2 atom stereocenters. The minimum Gasteiger partial charge on any atom is -0.384 e. The quantitative estimate of drug-likeness (QED) is 0.768. The summed E-state index contributed by atoms with van der Waals surface area (Å²) in [6.07, 6.45) is 5.13. The molecule has 4 rings (SSSR count). The number of aromatic nitrogens is 3. The minimum absolute atomic E-state index is 0.275. The van der Waals surface area contributed by atoms with E-state index < -0.39 is 0 Å². The van der Waals surface area contributed by atoms with Crippen LogP contribution in [0.5, 0.6) is 0 Å². The van der Waals surface area contributed by atoms with Crippen LogP contribution in [0, 0.1) is 11.7 Å². The van der Waals surface area contributed by atoms with E-state index in [0.717, 1.165) is 25.3 Å². The molecule has 0 aliphatic heterocycles. The van der Waals surface area contributed by atoms with Crippen LogP contribution in [0.2, 0.25) is 0 Å². The molecule has 0 unspecified atom stereocenters. The van der Waals surface area contributed by atoms with Crippen molar-refractivity contribution in [2.24, 2.45) is 5.92 Å². The second-order valence-corrected chi connectivity index (χ2v) is 6.50. The van der Waals surface area contributed by atoms with Gasteiger partial charge in [-0.15, -0.1) is 0 Å². The van der Waals surface area contributed by atoms with E-state index in [1.165, 1.54) is 12.5 Å². The van der Waals surface area contributed by atoms with E-state index in [1.54, 1.807) is 30.0 Å². The summed E-state index contributed by atoms with van der Waals surface area (Å²) in [5, 5.41) is 7.95. The number of hydrogen-bond acceptors (Lipinski definition) is 4. The Kier molecular flexibility index (Phi) is 4.36. The Balaban J connectivity index is 1.73. The molecular formula is C19H21FN4O. The molecule has 0 saturated heterocycles. The van der Waals surface area contributed by atoms with Gasteiger partial charge in [0.15, 0.2) is 5.65 Å². The van der Waals surface area contributed by atoms with Crippen LogP contribution in [-0.2, 0) is 4.74 Å². The van der Waals surface area contributed by atoms with Crippen LogP contribution in [0.15, 0.2) is 42.6 Å². The first-order valence-electron chi connectivity index (χ1n) is 8.61. The van der Waals surface area contributed by atoms with E-state index in [0.29, 0.717) is 28.9 Å². The highest BCUT2D eigenvalue weighted by atomic mass is 19.1. The molecule has 1 N–H and O–H groups in total. The van der Waals surface area contributed by atoms with Crippen LogP contribution in [-0.4, -0.2) is 34.4 Å². The standard InChI is InChI=1S/C19H21FN4O/c1-25-12-13-5-4-8-16(13)22-19-11-17(14-6-2-3-7-15(14)20)23-18-9-10-21-24(18)19/h2-3,6-7,9-11,13,16,22H,4-5,8,12H2,1H3/t13-,16-/m1/s1. The zero-order chi connectivity index (χ0) is 17.2. The van der Waals surface area contributed by atoms with Gasteiger partial charge in [0.25, 0.3) is 0 Å². The molecule has 5 nitrogen and oxygen atoms in total. The van der Waals surface area contributed by atoms with Crippen molar-refractivity contribution in [2.45, 2.75) is 25.3 Å². The Morgan fingerprint density at radius 3 is 3.00 bits per heavy atom. The molecule has 1 fully saturated rings. The number of hydrogen-bond donors (Lipinski definition) is 1. The molecular weight excluding hydrogens is 319 g/mol. The van der Waals surface area contributed by atoms with Gasteiger partial charge in [-0.05, 0) is 25.0 Å². The van der Waals surface area contributed by atoms with E-state index >= 15 is 0 Å². The fourth-order valence-electron chi connectivity index (χ4n) is 3.65. The van der Waals surface area contributed by atoms with E-state index in [9.17, 15) is 4.39 Å². The minimum atomic E-state index is -0.275. The third-order valence-electron chi connectivity index (χ3n) is 4.88. The average molecular weight is 340 g/mol. The van der Waals surface area contributed by atoms with Crippen LogP contribution < -0.4 is 5.32 Å². The van der Waals surface area contributed by atoms with Gasteiger partial charge in [-0.1, -0.05) is 18.6 Å². The summed E-state index contributed by atoms with van der Waals surface area (Å²) in [6.45, 7) is 0.741. The Morgan fingerprint density at radius 2 is 2.16 bits per heavy atom. The van der Waals surface area contributed by atoms with Crippen LogP contribution in [0.4, 0.5) is 10.2 Å². The molecule has 0 radical (unpaired) electrons. The van der Waals surface area contributed by atoms with Crippen LogP contribution in [0.3, 0.4) is 0 Å². The van der Waals surface area contributed by atoms with Gasteiger partial charge in [-0.2, -0.15) is 9.61 Å². The maximum absolute atomic E-state index is 14.2. The lowest BCUT2D eigenvalue weighted by molar-refractivity contribution is 0.150. The molecule has 1 saturated carbocycles. The average Bonchev–Trinajstić information content (AvgIpc) is 3.25. The lowest BCUT2D eigenvalue weighted by Crippen LogP contribution is -2.28. The van der Waals surface area contributed by atoms with Gasteiger partial charge in [0.1, 0.15) is 11.6 Å². The smallest absolute Gasteiger partial charge is 0.157 e. The number of benzene rings is 1. The molecule has 6 heteroatoms. The number of anilines is 1. The number of methoxy groups -OCH3 is 1. The first kappa shape index (κ1) is 16.0. The van der Waals surface area contributed by atoms with Crippen molar-refractivity contribution in [2.75, 3.05) is 19.0 Å².